The Balaban J connectivity index is 1.33. The van der Waals surface area contributed by atoms with Crippen molar-refractivity contribution in [1.82, 2.24) is 39.9 Å². The number of urea groups is 1. The number of fused-ring (bicyclic) bond motifs is 1. The molecule has 3 amide bonds. The molecule has 37 heavy (non-hydrogen) atoms. The minimum Gasteiger partial charge on any atom is -0.376 e. The fraction of sp³-hybridized carbons (Fsp3) is 0.522. The van der Waals surface area contributed by atoms with Crippen molar-refractivity contribution in [3.63, 3.8) is 0 Å². The van der Waals surface area contributed by atoms with Gasteiger partial charge in [-0.2, -0.15) is 23.4 Å². The van der Waals surface area contributed by atoms with Gasteiger partial charge in [0.15, 0.2) is 5.65 Å². The fourth-order valence-electron chi connectivity index (χ4n) is 4.21. The van der Waals surface area contributed by atoms with Crippen molar-refractivity contribution in [1.29, 1.82) is 0 Å². The van der Waals surface area contributed by atoms with Gasteiger partial charge >= 0.3 is 12.2 Å². The summed E-state index contributed by atoms with van der Waals surface area (Å²) < 4.78 is 48.7. The number of nitrogens with one attached hydrogen (secondary N) is 2. The van der Waals surface area contributed by atoms with E-state index in [-0.39, 0.29) is 31.2 Å². The topological polar surface area (TPSA) is 119 Å². The van der Waals surface area contributed by atoms with Gasteiger partial charge in [-0.05, 0) is 38.8 Å². The van der Waals surface area contributed by atoms with Crippen LogP contribution >= 0.6 is 0 Å². The van der Waals surface area contributed by atoms with Crippen LogP contribution in [0, 0.1) is 0 Å². The molecule has 0 bridgehead atoms. The molecule has 14 heteroatoms. The van der Waals surface area contributed by atoms with E-state index in [1.54, 1.807) is 29.2 Å². The van der Waals surface area contributed by atoms with Crippen LogP contribution in [0.2, 0.25) is 0 Å². The average Bonchev–Trinajstić information content (AvgIpc) is 3.21. The number of halogens is 3. The summed E-state index contributed by atoms with van der Waals surface area (Å²) in [6, 6.07) is -0.195. The Morgan fingerprint density at radius 2 is 2.08 bits per heavy atom. The van der Waals surface area contributed by atoms with E-state index in [0.717, 1.165) is 17.7 Å². The number of aromatic nitrogens is 5. The third-order valence-electron chi connectivity index (χ3n) is 6.32. The molecule has 0 aromatic carbocycles. The number of imidazole rings is 1. The number of carbonyl (C=O) groups excluding carboxylic acids is 2. The van der Waals surface area contributed by atoms with Crippen LogP contribution in [0.4, 0.5) is 18.0 Å². The summed E-state index contributed by atoms with van der Waals surface area (Å²) in [6.45, 7) is 3.51. The van der Waals surface area contributed by atoms with Gasteiger partial charge in [0.1, 0.15) is 11.7 Å². The standard InChI is InChI=1S/C23H27F3N8O3/c1-13(2)34-17(5-6-28-34)21(35)27-9-15-10-33-20(30-15)7-14(8-29-33)18(12-37-16-3-4-16)32-11-19(23(24,25)26)31-22(32)36/h5-8,10,13,16,18-19H,3-4,9,11-12H2,1-2H3,(H,27,35)(H,31,36). The van der Waals surface area contributed by atoms with Gasteiger partial charge in [0.2, 0.25) is 0 Å². The highest BCUT2D eigenvalue weighted by atomic mass is 19.4. The summed E-state index contributed by atoms with van der Waals surface area (Å²) in [7, 11) is 0. The van der Waals surface area contributed by atoms with Gasteiger partial charge in [-0.3, -0.25) is 9.48 Å². The lowest BCUT2D eigenvalue weighted by atomic mass is 10.1. The number of nitrogens with zero attached hydrogens (tertiary/aromatic N) is 6. The Morgan fingerprint density at radius 3 is 2.76 bits per heavy atom. The van der Waals surface area contributed by atoms with Crippen LogP contribution in [0.15, 0.2) is 30.7 Å². The van der Waals surface area contributed by atoms with E-state index in [2.05, 4.69) is 20.5 Å². The van der Waals surface area contributed by atoms with Gasteiger partial charge in [-0.15, -0.1) is 0 Å². The molecule has 11 nitrogen and oxygen atoms in total. The fourth-order valence-corrected chi connectivity index (χ4v) is 4.21. The normalized spacial score (nSPS) is 19.0. The van der Waals surface area contributed by atoms with Crippen molar-refractivity contribution in [2.24, 2.45) is 0 Å². The molecule has 4 heterocycles. The second-order valence-corrected chi connectivity index (χ2v) is 9.51. The molecular formula is C23H27F3N8O3. The Labute approximate surface area is 210 Å². The number of carbonyl (C=O) groups is 2. The SMILES string of the molecule is CC(C)n1nccc1C(=O)NCc1cn2ncc(C(COC3CC3)N3CC(C(F)(F)F)NC3=O)cc2n1. The van der Waals surface area contributed by atoms with Crippen molar-refractivity contribution in [3.8, 4) is 0 Å². The maximum absolute atomic E-state index is 13.3. The number of hydrogen-bond donors (Lipinski definition) is 2. The van der Waals surface area contributed by atoms with Crippen molar-refractivity contribution in [3.05, 3.63) is 47.7 Å². The van der Waals surface area contributed by atoms with Crippen LogP contribution in [-0.4, -0.2) is 72.7 Å². The zero-order valence-electron chi connectivity index (χ0n) is 20.3. The van der Waals surface area contributed by atoms with Gasteiger partial charge in [0, 0.05) is 17.8 Å². The maximum atomic E-state index is 13.3. The third-order valence-corrected chi connectivity index (χ3v) is 6.32. The quantitative estimate of drug-likeness (QED) is 0.448. The molecule has 1 saturated heterocycles. The predicted octanol–water partition coefficient (Wildman–Crippen LogP) is 2.61. The van der Waals surface area contributed by atoms with Crippen LogP contribution in [0.3, 0.4) is 0 Å². The molecule has 2 atom stereocenters. The van der Waals surface area contributed by atoms with E-state index in [4.69, 9.17) is 4.74 Å². The molecule has 3 aromatic heterocycles. The number of hydrogen-bond acceptors (Lipinski definition) is 6. The van der Waals surface area contributed by atoms with E-state index in [1.165, 1.54) is 10.7 Å². The number of rotatable bonds is 9. The van der Waals surface area contributed by atoms with E-state index in [1.807, 2.05) is 19.2 Å². The first-order valence-corrected chi connectivity index (χ1v) is 12.0. The molecule has 2 aliphatic rings. The summed E-state index contributed by atoms with van der Waals surface area (Å²) in [4.78, 5) is 30.7. The summed E-state index contributed by atoms with van der Waals surface area (Å²) in [5.41, 5.74) is 1.90. The molecule has 3 aromatic rings. The maximum Gasteiger partial charge on any atom is 0.410 e. The lowest BCUT2D eigenvalue weighted by Crippen LogP contribution is -2.40. The summed E-state index contributed by atoms with van der Waals surface area (Å²) in [5.74, 6) is -0.298. The van der Waals surface area contributed by atoms with Gasteiger partial charge in [0.05, 0.1) is 49.9 Å². The number of amides is 3. The van der Waals surface area contributed by atoms with Gasteiger partial charge in [-0.1, -0.05) is 0 Å². The first kappa shape index (κ1) is 25.0. The molecule has 2 N–H and O–H groups in total. The van der Waals surface area contributed by atoms with Crippen LogP contribution < -0.4 is 10.6 Å². The monoisotopic (exact) mass is 520 g/mol. The Kier molecular flexibility index (Phi) is 6.52. The number of alkyl halides is 3. The largest absolute Gasteiger partial charge is 0.410 e. The molecule has 0 spiro atoms. The predicted molar refractivity (Wildman–Crippen MR) is 124 cm³/mol. The molecule has 198 valence electrons. The van der Waals surface area contributed by atoms with Crippen molar-refractivity contribution < 1.29 is 27.5 Å². The summed E-state index contributed by atoms with van der Waals surface area (Å²) in [6.07, 6.45) is 1.97. The zero-order valence-corrected chi connectivity index (χ0v) is 20.3. The Bertz CT molecular complexity index is 1300. The minimum absolute atomic E-state index is 0.0227. The molecule has 1 aliphatic carbocycles. The summed E-state index contributed by atoms with van der Waals surface area (Å²) >= 11 is 0. The highest BCUT2D eigenvalue weighted by Crippen LogP contribution is 2.32. The molecular weight excluding hydrogens is 493 g/mol. The van der Waals surface area contributed by atoms with Crippen LogP contribution in [0.5, 0.6) is 0 Å². The van der Waals surface area contributed by atoms with E-state index in [9.17, 15) is 22.8 Å². The zero-order chi connectivity index (χ0) is 26.3. The van der Waals surface area contributed by atoms with Crippen LogP contribution in [-0.2, 0) is 11.3 Å². The van der Waals surface area contributed by atoms with Gasteiger partial charge < -0.3 is 20.3 Å². The third kappa shape index (κ3) is 5.38. The van der Waals surface area contributed by atoms with Gasteiger partial charge in [0.25, 0.3) is 5.91 Å². The smallest absolute Gasteiger partial charge is 0.376 e. The molecule has 1 saturated carbocycles. The Morgan fingerprint density at radius 1 is 1.30 bits per heavy atom. The van der Waals surface area contributed by atoms with E-state index >= 15 is 0 Å². The highest BCUT2D eigenvalue weighted by Gasteiger charge is 2.48. The molecule has 1 aliphatic heterocycles. The molecule has 5 rings (SSSR count). The Hall–Kier alpha value is -3.68. The van der Waals surface area contributed by atoms with Crippen LogP contribution in [0.1, 0.15) is 60.5 Å². The second-order valence-electron chi connectivity index (χ2n) is 9.51. The summed E-state index contributed by atoms with van der Waals surface area (Å²) in [5, 5.41) is 13.3. The van der Waals surface area contributed by atoms with Crippen molar-refractivity contribution >= 4 is 17.6 Å². The van der Waals surface area contributed by atoms with E-state index < -0.39 is 30.8 Å². The second kappa shape index (κ2) is 9.65. The molecule has 2 unspecified atom stereocenters. The highest BCUT2D eigenvalue weighted by molar-refractivity contribution is 5.92. The lowest BCUT2D eigenvalue weighted by Gasteiger charge is -2.27. The van der Waals surface area contributed by atoms with Crippen molar-refractivity contribution in [2.75, 3.05) is 13.2 Å². The first-order chi connectivity index (χ1) is 17.6. The average molecular weight is 521 g/mol. The van der Waals surface area contributed by atoms with E-state index in [0.29, 0.717) is 22.6 Å². The lowest BCUT2D eigenvalue weighted by molar-refractivity contribution is -0.150. The molecule has 2 fully saturated rings. The first-order valence-electron chi connectivity index (χ1n) is 12.0. The van der Waals surface area contributed by atoms with Gasteiger partial charge in [-0.25, -0.2) is 14.3 Å². The minimum atomic E-state index is -4.55. The molecule has 0 radical (unpaired) electrons. The van der Waals surface area contributed by atoms with Crippen LogP contribution in [0.25, 0.3) is 5.65 Å². The van der Waals surface area contributed by atoms with Crippen molar-refractivity contribution in [2.45, 2.75) is 63.6 Å². The number of ether oxygens (including phenoxy) is 1.